The van der Waals surface area contributed by atoms with Gasteiger partial charge in [-0.2, -0.15) is 13.2 Å². The molecule has 0 bridgehead atoms. The largest absolute Gasteiger partial charge is 0.417 e. The molecular formula is C28H28F3N7O5. The van der Waals surface area contributed by atoms with Gasteiger partial charge in [-0.1, -0.05) is 36.9 Å². The minimum absolute atomic E-state index is 0.0533. The number of guanidine groups is 1. The molecule has 2 aromatic rings. The summed E-state index contributed by atoms with van der Waals surface area (Å²) in [6.07, 6.45) is -4.44. The van der Waals surface area contributed by atoms with Gasteiger partial charge >= 0.3 is 6.18 Å². The molecule has 15 heteroatoms. The minimum Gasteiger partial charge on any atom is -0.363 e. The summed E-state index contributed by atoms with van der Waals surface area (Å²) in [4.78, 5) is 40.2. The summed E-state index contributed by atoms with van der Waals surface area (Å²) in [5, 5.41) is 43.3. The Morgan fingerprint density at radius 2 is 1.72 bits per heavy atom. The van der Waals surface area contributed by atoms with Crippen LogP contribution in [-0.2, 0) is 15.8 Å². The maximum atomic E-state index is 13.5. The van der Waals surface area contributed by atoms with Crippen molar-refractivity contribution in [3.05, 3.63) is 72.1 Å². The van der Waals surface area contributed by atoms with Crippen LogP contribution in [0.2, 0.25) is 0 Å². The zero-order valence-electron chi connectivity index (χ0n) is 22.5. The standard InChI is InChI=1S/C28H28F3N7O5/c1-14-33-23-19(12-37-21(39)10-11-22(37)40)34-25(32)38-13-20(27(42,43)26(23,38)36-14)35-24(41)16-8-6-15(7-9-16)17-4-2-3-5-18(17)28(29,30)31/h2-9,19-20,23,33,36,42-43H,1,10-13H2,(H2,32,34)(H,35,41)/t19-,20-,23-,26-/m0/s1. The van der Waals surface area contributed by atoms with Crippen molar-refractivity contribution in [3.8, 4) is 11.1 Å². The lowest BCUT2D eigenvalue weighted by Gasteiger charge is -2.51. The van der Waals surface area contributed by atoms with Crippen LogP contribution in [0.5, 0.6) is 0 Å². The Hall–Kier alpha value is -4.63. The Bertz CT molecular complexity index is 1530. The van der Waals surface area contributed by atoms with E-state index in [0.29, 0.717) is 0 Å². The van der Waals surface area contributed by atoms with Crippen molar-refractivity contribution in [1.82, 2.24) is 31.1 Å². The molecular weight excluding hydrogens is 571 g/mol. The highest BCUT2D eigenvalue weighted by molar-refractivity contribution is 6.02. The molecule has 12 nitrogen and oxygen atoms in total. The molecule has 226 valence electrons. The lowest BCUT2D eigenvalue weighted by Crippen LogP contribution is -2.81. The van der Waals surface area contributed by atoms with Gasteiger partial charge in [-0.3, -0.25) is 24.7 Å². The van der Waals surface area contributed by atoms with E-state index in [9.17, 15) is 37.8 Å². The number of halogens is 3. The summed E-state index contributed by atoms with van der Waals surface area (Å²) in [5.74, 6) is -4.22. The first-order chi connectivity index (χ1) is 20.2. The van der Waals surface area contributed by atoms with Gasteiger partial charge in [-0.05, 0) is 29.3 Å². The smallest absolute Gasteiger partial charge is 0.363 e. The van der Waals surface area contributed by atoms with Gasteiger partial charge in [0.2, 0.25) is 17.6 Å². The van der Waals surface area contributed by atoms with E-state index >= 15 is 0 Å². The Morgan fingerprint density at radius 3 is 2.37 bits per heavy atom. The van der Waals surface area contributed by atoms with E-state index in [1.165, 1.54) is 47.4 Å². The number of imide groups is 1. The topological polar surface area (TPSA) is 170 Å². The lowest BCUT2D eigenvalue weighted by atomic mass is 9.84. The molecule has 0 aromatic heterocycles. The van der Waals surface area contributed by atoms with Crippen molar-refractivity contribution in [2.24, 2.45) is 0 Å². The van der Waals surface area contributed by atoms with Crippen LogP contribution in [0.15, 0.2) is 60.9 Å². The first-order valence-electron chi connectivity index (χ1n) is 13.5. The third-order valence-corrected chi connectivity index (χ3v) is 8.48. The van der Waals surface area contributed by atoms with E-state index < -0.39 is 47.2 Å². The highest BCUT2D eigenvalue weighted by Crippen LogP contribution is 2.44. The van der Waals surface area contributed by atoms with Gasteiger partial charge in [-0.25, -0.2) is 0 Å². The number of benzene rings is 2. The molecule has 4 atom stereocenters. The van der Waals surface area contributed by atoms with Gasteiger partial charge in [0.05, 0.1) is 30.0 Å². The molecule has 0 radical (unpaired) electrons. The second-order valence-corrected chi connectivity index (χ2v) is 11.0. The number of rotatable bonds is 5. The van der Waals surface area contributed by atoms with Gasteiger partial charge in [0.15, 0.2) is 11.6 Å². The number of likely N-dealkylation sites (tertiary alicyclic amines) is 1. The Kier molecular flexibility index (Phi) is 6.43. The number of alkyl halides is 3. The monoisotopic (exact) mass is 599 g/mol. The maximum absolute atomic E-state index is 13.5. The van der Waals surface area contributed by atoms with Crippen molar-refractivity contribution in [1.29, 1.82) is 5.41 Å². The molecule has 0 saturated carbocycles. The molecule has 4 aliphatic heterocycles. The average molecular weight is 600 g/mol. The van der Waals surface area contributed by atoms with E-state index in [0.717, 1.165) is 11.0 Å². The summed E-state index contributed by atoms with van der Waals surface area (Å²) in [6.45, 7) is 3.47. The number of hydrogen-bond donors (Lipinski definition) is 7. The van der Waals surface area contributed by atoms with Crippen molar-refractivity contribution in [2.45, 2.75) is 48.6 Å². The molecule has 6 rings (SSSR count). The van der Waals surface area contributed by atoms with Crippen LogP contribution in [0.1, 0.15) is 28.8 Å². The van der Waals surface area contributed by atoms with Crippen LogP contribution >= 0.6 is 0 Å². The summed E-state index contributed by atoms with van der Waals surface area (Å²) in [6, 6.07) is 7.38. The molecule has 43 heavy (non-hydrogen) atoms. The summed E-state index contributed by atoms with van der Waals surface area (Å²) >= 11 is 0. The highest BCUT2D eigenvalue weighted by atomic mass is 19.4. The molecule has 2 aromatic carbocycles. The Balaban J connectivity index is 1.24. The lowest BCUT2D eigenvalue weighted by molar-refractivity contribution is -0.233. The second kappa shape index (κ2) is 9.70. The Morgan fingerprint density at radius 1 is 1.07 bits per heavy atom. The predicted octanol–water partition coefficient (Wildman–Crippen LogP) is 0.252. The van der Waals surface area contributed by atoms with Gasteiger partial charge in [-0.15, -0.1) is 0 Å². The van der Waals surface area contributed by atoms with E-state index in [2.05, 4.69) is 27.8 Å². The third kappa shape index (κ3) is 4.38. The average Bonchev–Trinajstić information content (AvgIpc) is 3.55. The molecule has 3 amide bonds. The fourth-order valence-electron chi connectivity index (χ4n) is 6.45. The number of aliphatic hydroxyl groups is 2. The zero-order valence-corrected chi connectivity index (χ0v) is 22.5. The van der Waals surface area contributed by atoms with Crippen molar-refractivity contribution >= 4 is 23.7 Å². The fraction of sp³-hybridized carbons (Fsp3) is 0.357. The van der Waals surface area contributed by atoms with Crippen LogP contribution in [0.3, 0.4) is 0 Å². The van der Waals surface area contributed by atoms with Crippen molar-refractivity contribution in [2.75, 3.05) is 13.1 Å². The Labute approximate surface area is 243 Å². The molecule has 0 aliphatic carbocycles. The van der Waals surface area contributed by atoms with Crippen LogP contribution in [0, 0.1) is 5.41 Å². The number of amides is 3. The van der Waals surface area contributed by atoms with Crippen LogP contribution in [0.4, 0.5) is 13.2 Å². The minimum atomic E-state index is -4.57. The van der Waals surface area contributed by atoms with Gasteiger partial charge in [0.1, 0.15) is 6.04 Å². The molecule has 4 fully saturated rings. The second-order valence-electron chi connectivity index (χ2n) is 11.0. The molecule has 4 aliphatic rings. The number of hydrogen-bond acceptors (Lipinski definition) is 8. The quantitative estimate of drug-likeness (QED) is 0.188. The van der Waals surface area contributed by atoms with Gasteiger partial charge in [0.25, 0.3) is 5.91 Å². The first-order valence-corrected chi connectivity index (χ1v) is 13.5. The van der Waals surface area contributed by atoms with Gasteiger partial charge < -0.3 is 36.4 Å². The number of nitrogens with zero attached hydrogens (tertiary/aromatic N) is 2. The molecule has 7 N–H and O–H groups in total. The number of carbonyl (C=O) groups excluding carboxylic acids is 3. The van der Waals surface area contributed by atoms with Crippen molar-refractivity contribution in [3.63, 3.8) is 0 Å². The molecule has 4 saturated heterocycles. The van der Waals surface area contributed by atoms with E-state index in [4.69, 9.17) is 5.41 Å². The van der Waals surface area contributed by atoms with Gasteiger partial charge in [0, 0.05) is 24.9 Å². The van der Waals surface area contributed by atoms with Crippen LogP contribution < -0.4 is 21.3 Å². The highest BCUT2D eigenvalue weighted by Gasteiger charge is 2.74. The van der Waals surface area contributed by atoms with Crippen LogP contribution in [0.25, 0.3) is 11.1 Å². The maximum Gasteiger partial charge on any atom is 0.417 e. The zero-order chi connectivity index (χ0) is 30.9. The summed E-state index contributed by atoms with van der Waals surface area (Å²) in [5.41, 5.74) is -2.39. The van der Waals surface area contributed by atoms with E-state index in [1.807, 2.05) is 0 Å². The summed E-state index contributed by atoms with van der Waals surface area (Å²) in [7, 11) is 0. The molecule has 0 unspecified atom stereocenters. The fourth-order valence-corrected chi connectivity index (χ4v) is 6.45. The van der Waals surface area contributed by atoms with E-state index in [-0.39, 0.29) is 66.2 Å². The van der Waals surface area contributed by atoms with Crippen molar-refractivity contribution < 1.29 is 37.8 Å². The summed E-state index contributed by atoms with van der Waals surface area (Å²) < 4.78 is 40.5. The predicted molar refractivity (Wildman–Crippen MR) is 145 cm³/mol. The molecule has 4 heterocycles. The molecule has 1 spiro atoms. The normalized spacial score (nSPS) is 27.8. The third-order valence-electron chi connectivity index (χ3n) is 8.48. The number of carbonyl (C=O) groups is 3. The first kappa shape index (κ1) is 28.5. The van der Waals surface area contributed by atoms with Crippen LogP contribution in [-0.4, -0.2) is 86.4 Å². The number of nitrogens with one attached hydrogen (secondary N) is 5. The SMILES string of the molecule is C=C1N[C@H]2[C@H](CN3C(=O)CCC3=O)NC(=N)N3C[C@H](NC(=O)c4ccc(-c5ccccc5C(F)(F)F)cc4)C(O)(O)[C@]23N1. The van der Waals surface area contributed by atoms with E-state index in [1.54, 1.807) is 0 Å².